The Morgan fingerprint density at radius 2 is 1.85 bits per heavy atom. The third-order valence-electron chi connectivity index (χ3n) is 4.81. The molecule has 0 aliphatic carbocycles. The van der Waals surface area contributed by atoms with Gasteiger partial charge in [0.15, 0.2) is 11.5 Å². The van der Waals surface area contributed by atoms with E-state index >= 15 is 0 Å². The first kappa shape index (κ1) is 17.7. The van der Waals surface area contributed by atoms with Gasteiger partial charge in [-0.2, -0.15) is 0 Å². The lowest BCUT2D eigenvalue weighted by Gasteiger charge is -2.32. The van der Waals surface area contributed by atoms with Crippen molar-refractivity contribution in [3.05, 3.63) is 53.1 Å². The average molecular weight is 387 g/mol. The quantitative estimate of drug-likeness (QED) is 0.875. The maximum absolute atomic E-state index is 12.7. The number of carbonyl (C=O) groups excluding carboxylic acids is 2. The molecule has 2 aromatic rings. The average Bonchev–Trinajstić information content (AvgIpc) is 3.16. The van der Waals surface area contributed by atoms with Crippen LogP contribution in [0.3, 0.4) is 0 Å². The number of fused-ring (bicyclic) bond motifs is 1. The number of piperidine rings is 1. The van der Waals surface area contributed by atoms with E-state index in [1.807, 2.05) is 0 Å². The van der Waals surface area contributed by atoms with Gasteiger partial charge < -0.3 is 19.7 Å². The van der Waals surface area contributed by atoms with Gasteiger partial charge in [-0.3, -0.25) is 9.59 Å². The van der Waals surface area contributed by atoms with Gasteiger partial charge in [-0.1, -0.05) is 11.6 Å². The molecule has 2 aromatic carbocycles. The van der Waals surface area contributed by atoms with E-state index in [0.29, 0.717) is 40.9 Å². The molecule has 140 valence electrons. The van der Waals surface area contributed by atoms with Crippen LogP contribution in [0, 0.1) is 5.92 Å². The van der Waals surface area contributed by atoms with Crippen molar-refractivity contribution in [2.24, 2.45) is 5.92 Å². The molecule has 0 bridgehead atoms. The zero-order valence-electron chi connectivity index (χ0n) is 14.6. The van der Waals surface area contributed by atoms with E-state index in [4.69, 9.17) is 21.1 Å². The Balaban J connectivity index is 1.40. The van der Waals surface area contributed by atoms with E-state index in [1.165, 1.54) is 0 Å². The van der Waals surface area contributed by atoms with Gasteiger partial charge in [0.2, 0.25) is 12.7 Å². The number of nitrogens with zero attached hydrogens (tertiary/aromatic N) is 1. The zero-order valence-corrected chi connectivity index (χ0v) is 15.4. The third-order valence-corrected chi connectivity index (χ3v) is 5.06. The number of benzene rings is 2. The van der Waals surface area contributed by atoms with E-state index in [9.17, 15) is 9.59 Å². The van der Waals surface area contributed by atoms with Gasteiger partial charge in [-0.25, -0.2) is 0 Å². The highest BCUT2D eigenvalue weighted by Crippen LogP contribution is 2.34. The van der Waals surface area contributed by atoms with Crippen molar-refractivity contribution in [3.8, 4) is 11.5 Å². The van der Waals surface area contributed by atoms with Gasteiger partial charge in [-0.15, -0.1) is 0 Å². The van der Waals surface area contributed by atoms with Gasteiger partial charge >= 0.3 is 0 Å². The summed E-state index contributed by atoms with van der Waals surface area (Å²) >= 11 is 5.88. The van der Waals surface area contributed by atoms with Crippen molar-refractivity contribution in [3.63, 3.8) is 0 Å². The molecule has 0 aromatic heterocycles. The second-order valence-electron chi connectivity index (χ2n) is 6.65. The minimum atomic E-state index is -0.250. The fraction of sp³-hybridized carbons (Fsp3) is 0.300. The maximum Gasteiger partial charge on any atom is 0.253 e. The molecule has 2 aliphatic heterocycles. The molecule has 0 spiro atoms. The summed E-state index contributed by atoms with van der Waals surface area (Å²) in [7, 11) is 0. The second kappa shape index (κ2) is 7.48. The first-order valence-electron chi connectivity index (χ1n) is 8.85. The molecule has 1 fully saturated rings. The molecule has 1 N–H and O–H groups in total. The number of carbonyl (C=O) groups is 2. The van der Waals surface area contributed by atoms with Crippen LogP contribution in [-0.2, 0) is 4.79 Å². The highest BCUT2D eigenvalue weighted by molar-refractivity contribution is 6.30. The summed E-state index contributed by atoms with van der Waals surface area (Å²) in [6, 6.07) is 12.1. The van der Waals surface area contributed by atoms with Crippen LogP contribution in [0.5, 0.6) is 11.5 Å². The van der Waals surface area contributed by atoms with E-state index in [0.717, 1.165) is 12.8 Å². The van der Waals surface area contributed by atoms with Crippen molar-refractivity contribution in [1.29, 1.82) is 0 Å². The molecule has 0 saturated carbocycles. The summed E-state index contributed by atoms with van der Waals surface area (Å²) in [5.74, 6) is 0.872. The van der Waals surface area contributed by atoms with Crippen LogP contribution in [0.15, 0.2) is 42.5 Å². The molecule has 2 aliphatic rings. The Hall–Kier alpha value is -2.73. The number of ether oxygens (including phenoxy) is 2. The molecule has 27 heavy (non-hydrogen) atoms. The van der Waals surface area contributed by atoms with Crippen molar-refractivity contribution >= 4 is 29.1 Å². The van der Waals surface area contributed by atoms with E-state index in [1.54, 1.807) is 47.4 Å². The molecule has 2 heterocycles. The summed E-state index contributed by atoms with van der Waals surface area (Å²) < 4.78 is 10.6. The van der Waals surface area contributed by atoms with Gasteiger partial charge in [0.05, 0.1) is 5.92 Å². The number of anilines is 1. The lowest BCUT2D eigenvalue weighted by atomic mass is 9.96. The number of amides is 2. The summed E-state index contributed by atoms with van der Waals surface area (Å²) in [4.78, 5) is 27.1. The monoisotopic (exact) mass is 386 g/mol. The fourth-order valence-corrected chi connectivity index (χ4v) is 3.50. The molecule has 1 saturated heterocycles. The van der Waals surface area contributed by atoms with E-state index in [-0.39, 0.29) is 24.5 Å². The topological polar surface area (TPSA) is 67.9 Å². The van der Waals surface area contributed by atoms with Crippen LogP contribution in [0.2, 0.25) is 5.02 Å². The summed E-state index contributed by atoms with van der Waals surface area (Å²) in [6.07, 6.45) is 1.54. The molecular weight excluding hydrogens is 368 g/mol. The highest BCUT2D eigenvalue weighted by atomic mass is 35.5. The predicted molar refractivity (Wildman–Crippen MR) is 101 cm³/mol. The van der Waals surface area contributed by atoms with Crippen molar-refractivity contribution in [2.45, 2.75) is 12.8 Å². The number of rotatable bonds is 3. The molecule has 1 atom stereocenters. The van der Waals surface area contributed by atoms with Crippen LogP contribution in [0.25, 0.3) is 0 Å². The Morgan fingerprint density at radius 1 is 1.07 bits per heavy atom. The third kappa shape index (κ3) is 3.85. The van der Waals surface area contributed by atoms with Crippen molar-refractivity contribution in [1.82, 2.24) is 4.90 Å². The summed E-state index contributed by atoms with van der Waals surface area (Å²) in [5.41, 5.74) is 1.24. The van der Waals surface area contributed by atoms with Crippen LogP contribution in [0.4, 0.5) is 5.69 Å². The minimum Gasteiger partial charge on any atom is -0.454 e. The normalized spacial score (nSPS) is 18.3. The highest BCUT2D eigenvalue weighted by Gasteiger charge is 2.29. The Labute approximate surface area is 162 Å². The maximum atomic E-state index is 12.7. The molecule has 7 heteroatoms. The summed E-state index contributed by atoms with van der Waals surface area (Å²) in [6.45, 7) is 1.24. The first-order chi connectivity index (χ1) is 13.1. The van der Waals surface area contributed by atoms with E-state index in [2.05, 4.69) is 5.32 Å². The number of halogens is 1. The van der Waals surface area contributed by atoms with Gasteiger partial charge in [0, 0.05) is 35.4 Å². The molecule has 4 rings (SSSR count). The van der Waals surface area contributed by atoms with Crippen molar-refractivity contribution in [2.75, 3.05) is 25.2 Å². The lowest BCUT2D eigenvalue weighted by Crippen LogP contribution is -2.43. The second-order valence-corrected chi connectivity index (χ2v) is 7.09. The van der Waals surface area contributed by atoms with Gasteiger partial charge in [0.25, 0.3) is 5.91 Å². The molecule has 6 nitrogen and oxygen atoms in total. The first-order valence-corrected chi connectivity index (χ1v) is 9.23. The molecule has 0 unspecified atom stereocenters. The lowest BCUT2D eigenvalue weighted by molar-refractivity contribution is -0.121. The van der Waals surface area contributed by atoms with Crippen molar-refractivity contribution < 1.29 is 19.1 Å². The molecular formula is C20H19ClN2O4. The predicted octanol–water partition coefficient (Wildman–Crippen LogP) is 3.56. The number of likely N-dealkylation sites (tertiary alicyclic amines) is 1. The van der Waals surface area contributed by atoms with Crippen LogP contribution in [0.1, 0.15) is 23.2 Å². The summed E-state index contributed by atoms with van der Waals surface area (Å²) in [5, 5.41) is 3.51. The van der Waals surface area contributed by atoms with Crippen LogP contribution in [-0.4, -0.2) is 36.6 Å². The number of hydrogen-bond donors (Lipinski definition) is 1. The molecule has 0 radical (unpaired) electrons. The SMILES string of the molecule is O=C(Nc1ccc2c(c1)OCO2)[C@H]1CCCN(C(=O)c2ccc(Cl)cc2)C1. The van der Waals surface area contributed by atoms with Crippen LogP contribution < -0.4 is 14.8 Å². The minimum absolute atomic E-state index is 0.0766. The van der Waals surface area contributed by atoms with Crippen LogP contribution >= 0.6 is 11.6 Å². The Bertz CT molecular complexity index is 869. The van der Waals surface area contributed by atoms with Gasteiger partial charge in [0.1, 0.15) is 0 Å². The van der Waals surface area contributed by atoms with E-state index < -0.39 is 0 Å². The Kier molecular flexibility index (Phi) is 4.90. The molecule has 2 amide bonds. The number of hydrogen-bond acceptors (Lipinski definition) is 4. The zero-order chi connectivity index (χ0) is 18.8. The number of nitrogens with one attached hydrogen (secondary N) is 1. The van der Waals surface area contributed by atoms with Gasteiger partial charge in [-0.05, 0) is 49.2 Å². The fourth-order valence-electron chi connectivity index (χ4n) is 3.37. The smallest absolute Gasteiger partial charge is 0.253 e. The largest absolute Gasteiger partial charge is 0.454 e. The standard InChI is InChI=1S/C20H19ClN2O4/c21-15-5-3-13(4-6-15)20(25)23-9-1-2-14(11-23)19(24)22-16-7-8-17-18(10-16)27-12-26-17/h3-8,10,14H,1-2,9,11-12H2,(H,22,24)/t14-/m0/s1. The Morgan fingerprint density at radius 3 is 2.67 bits per heavy atom.